The van der Waals surface area contributed by atoms with Gasteiger partial charge in [0.25, 0.3) is 0 Å². The summed E-state index contributed by atoms with van der Waals surface area (Å²) in [6.45, 7) is 0. The summed E-state index contributed by atoms with van der Waals surface area (Å²) in [7, 11) is 0. The lowest BCUT2D eigenvalue weighted by atomic mass is 9.97. The molecule has 5 aromatic carbocycles. The number of rotatable bonds is 4. The summed E-state index contributed by atoms with van der Waals surface area (Å²) in [4.78, 5) is 14.5. The van der Waals surface area contributed by atoms with Gasteiger partial charge in [-0.1, -0.05) is 121 Å². The Bertz CT molecular complexity index is 2220. The predicted molar refractivity (Wildman–Crippen MR) is 174 cm³/mol. The minimum Gasteiger partial charge on any atom is -0.256 e. The van der Waals surface area contributed by atoms with Crippen LogP contribution < -0.4 is 0 Å². The molecule has 0 N–H and O–H groups in total. The van der Waals surface area contributed by atoms with Gasteiger partial charge >= 0.3 is 0 Å². The lowest BCUT2D eigenvalue weighted by Gasteiger charge is -2.12. The van der Waals surface area contributed by atoms with Crippen molar-refractivity contribution in [3.8, 4) is 44.8 Å². The number of nitrogens with zero attached hydrogens (tertiary/aromatic N) is 3. The van der Waals surface area contributed by atoms with Gasteiger partial charge < -0.3 is 0 Å². The highest BCUT2D eigenvalue weighted by Crippen LogP contribution is 2.35. The first-order valence-corrected chi connectivity index (χ1v) is 14.1. The van der Waals surface area contributed by atoms with Crippen LogP contribution >= 0.6 is 0 Å². The molecule has 0 amide bonds. The van der Waals surface area contributed by atoms with Crippen molar-refractivity contribution in [1.82, 2.24) is 15.0 Å². The second-order valence-corrected chi connectivity index (χ2v) is 10.5. The molecule has 3 heterocycles. The van der Waals surface area contributed by atoms with Crippen molar-refractivity contribution >= 4 is 32.6 Å². The van der Waals surface area contributed by atoms with E-state index in [2.05, 4.69) is 137 Å². The van der Waals surface area contributed by atoms with Gasteiger partial charge in [-0.05, 0) is 34.7 Å². The summed E-state index contributed by atoms with van der Waals surface area (Å²) < 4.78 is 0. The first-order chi connectivity index (χ1) is 20.8. The van der Waals surface area contributed by atoms with E-state index in [0.29, 0.717) is 0 Å². The Hall–Kier alpha value is -5.67. The topological polar surface area (TPSA) is 38.7 Å². The Kier molecular flexibility index (Phi) is 5.79. The van der Waals surface area contributed by atoms with Gasteiger partial charge in [0.15, 0.2) is 0 Å². The molecule has 3 aromatic heterocycles. The van der Waals surface area contributed by atoms with Crippen molar-refractivity contribution in [2.75, 3.05) is 0 Å². The van der Waals surface area contributed by atoms with E-state index in [9.17, 15) is 0 Å². The van der Waals surface area contributed by atoms with Crippen molar-refractivity contribution in [3.63, 3.8) is 0 Å². The number of hydrogen-bond donors (Lipinski definition) is 0. The molecular weight excluding hydrogens is 510 g/mol. The Morgan fingerprint density at radius 3 is 1.50 bits per heavy atom. The molecule has 0 atom stereocenters. The fraction of sp³-hybridized carbons (Fsp3) is 0. The SMILES string of the molecule is c1ccc2c(-c3ccc(-c4cccc5cccnc45)cc3)nc(-c3ccc(-c4cccc5cccnc45)cc3)cc2c1. The van der Waals surface area contributed by atoms with Gasteiger partial charge in [-0.15, -0.1) is 0 Å². The molecule has 0 aliphatic heterocycles. The number of hydrogen-bond acceptors (Lipinski definition) is 3. The predicted octanol–water partition coefficient (Wildman–Crippen LogP) is 10.00. The van der Waals surface area contributed by atoms with Crippen LogP contribution in [0.1, 0.15) is 0 Å². The molecule has 42 heavy (non-hydrogen) atoms. The molecule has 0 spiro atoms. The monoisotopic (exact) mass is 535 g/mol. The van der Waals surface area contributed by atoms with Crippen LogP contribution in [-0.4, -0.2) is 15.0 Å². The van der Waals surface area contributed by atoms with Gasteiger partial charge in [-0.2, -0.15) is 0 Å². The molecule has 196 valence electrons. The zero-order valence-corrected chi connectivity index (χ0v) is 22.8. The standard InChI is InChI=1S/C39H25N3/c1-2-12-35-32(7-1)25-36(28-19-15-26(16-20-28)33-13-3-8-29-10-5-23-40-37(29)33)42-39(35)31-21-17-27(18-22-31)34-14-4-9-30-11-6-24-41-38(30)34/h1-25H. The van der Waals surface area contributed by atoms with Gasteiger partial charge in [-0.25, -0.2) is 4.98 Å². The molecule has 0 fully saturated rings. The average molecular weight is 536 g/mol. The molecule has 0 saturated heterocycles. The molecular formula is C39H25N3. The number of fused-ring (bicyclic) bond motifs is 3. The minimum absolute atomic E-state index is 0.952. The van der Waals surface area contributed by atoms with Gasteiger partial charge in [0.2, 0.25) is 0 Å². The van der Waals surface area contributed by atoms with E-state index in [1.54, 1.807) is 0 Å². The van der Waals surface area contributed by atoms with Crippen LogP contribution in [0, 0.1) is 0 Å². The fourth-order valence-electron chi connectivity index (χ4n) is 5.87. The van der Waals surface area contributed by atoms with Gasteiger partial charge in [0.05, 0.1) is 22.4 Å². The van der Waals surface area contributed by atoms with Gasteiger partial charge in [-0.3, -0.25) is 9.97 Å². The summed E-state index contributed by atoms with van der Waals surface area (Å²) in [5.41, 5.74) is 10.7. The second kappa shape index (κ2) is 10.1. The molecule has 0 bridgehead atoms. The third-order valence-electron chi connectivity index (χ3n) is 7.97. The van der Waals surface area contributed by atoms with E-state index in [-0.39, 0.29) is 0 Å². The fourth-order valence-corrected chi connectivity index (χ4v) is 5.87. The van der Waals surface area contributed by atoms with E-state index in [0.717, 1.165) is 72.0 Å². The lowest BCUT2D eigenvalue weighted by molar-refractivity contribution is 1.35. The summed E-state index contributed by atoms with van der Waals surface area (Å²) in [6.07, 6.45) is 3.71. The third-order valence-corrected chi connectivity index (χ3v) is 7.97. The highest BCUT2D eigenvalue weighted by atomic mass is 14.7. The van der Waals surface area contributed by atoms with E-state index in [1.807, 2.05) is 24.5 Å². The van der Waals surface area contributed by atoms with E-state index in [1.165, 1.54) is 5.39 Å². The second-order valence-electron chi connectivity index (χ2n) is 10.5. The molecule has 0 saturated carbocycles. The Balaban J connectivity index is 1.20. The van der Waals surface area contributed by atoms with Crippen LogP contribution in [0.3, 0.4) is 0 Å². The maximum atomic E-state index is 5.22. The summed E-state index contributed by atoms with van der Waals surface area (Å²) in [6, 6.07) is 48.8. The number of benzene rings is 5. The molecule has 0 aliphatic rings. The largest absolute Gasteiger partial charge is 0.256 e. The van der Waals surface area contributed by atoms with Crippen LogP contribution in [-0.2, 0) is 0 Å². The van der Waals surface area contributed by atoms with E-state index in [4.69, 9.17) is 4.98 Å². The summed E-state index contributed by atoms with van der Waals surface area (Å²) in [5, 5.41) is 4.59. The van der Waals surface area contributed by atoms with Crippen molar-refractivity contribution in [2.45, 2.75) is 0 Å². The van der Waals surface area contributed by atoms with Crippen molar-refractivity contribution in [3.05, 3.63) is 152 Å². The molecule has 8 aromatic rings. The van der Waals surface area contributed by atoms with Crippen LogP contribution in [0.15, 0.2) is 152 Å². The molecule has 3 heteroatoms. The van der Waals surface area contributed by atoms with Crippen LogP contribution in [0.4, 0.5) is 0 Å². The van der Waals surface area contributed by atoms with Gasteiger partial charge in [0, 0.05) is 50.8 Å². The smallest absolute Gasteiger partial charge is 0.0787 e. The first kappa shape index (κ1) is 24.2. The Morgan fingerprint density at radius 2 is 0.881 bits per heavy atom. The molecule has 8 rings (SSSR count). The third kappa shape index (κ3) is 4.20. The molecule has 0 aliphatic carbocycles. The number of para-hydroxylation sites is 2. The van der Waals surface area contributed by atoms with Crippen molar-refractivity contribution in [2.24, 2.45) is 0 Å². The molecule has 0 radical (unpaired) electrons. The van der Waals surface area contributed by atoms with Crippen LogP contribution in [0.2, 0.25) is 0 Å². The Morgan fingerprint density at radius 1 is 0.381 bits per heavy atom. The van der Waals surface area contributed by atoms with E-state index < -0.39 is 0 Å². The Labute approximate surface area is 243 Å². The zero-order valence-electron chi connectivity index (χ0n) is 22.8. The van der Waals surface area contributed by atoms with Crippen molar-refractivity contribution in [1.29, 1.82) is 0 Å². The lowest BCUT2D eigenvalue weighted by Crippen LogP contribution is -1.92. The average Bonchev–Trinajstić information content (AvgIpc) is 3.07. The number of pyridine rings is 3. The normalized spacial score (nSPS) is 11.3. The van der Waals surface area contributed by atoms with Crippen LogP contribution in [0.25, 0.3) is 77.3 Å². The highest BCUT2D eigenvalue weighted by Gasteiger charge is 2.12. The maximum Gasteiger partial charge on any atom is 0.0787 e. The highest BCUT2D eigenvalue weighted by molar-refractivity contribution is 5.98. The number of aromatic nitrogens is 3. The minimum atomic E-state index is 0.952. The molecule has 3 nitrogen and oxygen atoms in total. The maximum absolute atomic E-state index is 5.22. The van der Waals surface area contributed by atoms with E-state index >= 15 is 0 Å². The summed E-state index contributed by atoms with van der Waals surface area (Å²) in [5.74, 6) is 0. The summed E-state index contributed by atoms with van der Waals surface area (Å²) >= 11 is 0. The van der Waals surface area contributed by atoms with Gasteiger partial charge in [0.1, 0.15) is 0 Å². The molecule has 0 unspecified atom stereocenters. The quantitative estimate of drug-likeness (QED) is 0.225. The first-order valence-electron chi connectivity index (χ1n) is 14.1. The van der Waals surface area contributed by atoms with Crippen molar-refractivity contribution < 1.29 is 0 Å². The van der Waals surface area contributed by atoms with Crippen LogP contribution in [0.5, 0.6) is 0 Å². The zero-order chi connectivity index (χ0) is 27.9.